The van der Waals surface area contributed by atoms with E-state index in [0.717, 1.165) is 10.2 Å². The molecule has 1 unspecified atom stereocenters. The summed E-state index contributed by atoms with van der Waals surface area (Å²) in [6.07, 6.45) is -0.682. The number of nitriles is 1. The Balaban J connectivity index is 2.40. The number of hydrogen-bond donors (Lipinski definition) is 2. The Labute approximate surface area is 126 Å². The molecule has 20 heavy (non-hydrogen) atoms. The summed E-state index contributed by atoms with van der Waals surface area (Å²) in [6.45, 7) is 4.71. The average molecular weight is 338 g/mol. The first-order valence-corrected chi connectivity index (χ1v) is 7.21. The van der Waals surface area contributed by atoms with Crippen LogP contribution in [0.1, 0.15) is 31.9 Å². The molecule has 0 bridgehead atoms. The van der Waals surface area contributed by atoms with Crippen LogP contribution in [0.2, 0.25) is 0 Å². The van der Waals surface area contributed by atoms with Crippen LogP contribution in [0.3, 0.4) is 0 Å². The number of aliphatic hydroxyl groups is 1. The van der Waals surface area contributed by atoms with Crippen LogP contribution < -0.4 is 10.2 Å². The first kappa shape index (κ1) is 14.8. The lowest BCUT2D eigenvalue weighted by Gasteiger charge is -2.29. The van der Waals surface area contributed by atoms with Crippen molar-refractivity contribution in [1.29, 1.82) is 5.26 Å². The summed E-state index contributed by atoms with van der Waals surface area (Å²) >= 11 is 3.48. The second-order valence-corrected chi connectivity index (χ2v) is 5.83. The maximum absolute atomic E-state index is 11.5. The summed E-state index contributed by atoms with van der Waals surface area (Å²) < 4.78 is 0.804. The second kappa shape index (κ2) is 5.81. The SMILES string of the molecule is CC(C)N(CCC#N)c1cc2c(cc1Br)C(O)C(=O)N2. The summed E-state index contributed by atoms with van der Waals surface area (Å²) in [4.78, 5) is 13.6. The summed E-state index contributed by atoms with van der Waals surface area (Å²) in [6, 6.07) is 5.96. The fourth-order valence-corrected chi connectivity index (χ4v) is 2.89. The highest BCUT2D eigenvalue weighted by Crippen LogP contribution is 2.39. The molecule has 0 spiro atoms. The van der Waals surface area contributed by atoms with Crippen molar-refractivity contribution in [2.45, 2.75) is 32.4 Å². The van der Waals surface area contributed by atoms with Crippen molar-refractivity contribution in [3.63, 3.8) is 0 Å². The van der Waals surface area contributed by atoms with E-state index in [1.54, 1.807) is 6.07 Å². The predicted molar refractivity (Wildman–Crippen MR) is 80.4 cm³/mol. The summed E-state index contributed by atoms with van der Waals surface area (Å²) in [5, 5.41) is 21.2. The molecule has 0 saturated heterocycles. The fraction of sp³-hybridized carbons (Fsp3) is 0.429. The molecule has 6 heteroatoms. The third-order valence-corrected chi connectivity index (χ3v) is 3.95. The number of aliphatic hydroxyl groups excluding tert-OH is 1. The van der Waals surface area contributed by atoms with E-state index in [-0.39, 0.29) is 6.04 Å². The topological polar surface area (TPSA) is 76.4 Å². The van der Waals surface area contributed by atoms with Crippen LogP contribution in [0, 0.1) is 11.3 Å². The average Bonchev–Trinajstić information content (AvgIpc) is 2.66. The molecular weight excluding hydrogens is 322 g/mol. The van der Waals surface area contributed by atoms with E-state index < -0.39 is 12.0 Å². The van der Waals surface area contributed by atoms with Gasteiger partial charge in [-0.1, -0.05) is 0 Å². The quantitative estimate of drug-likeness (QED) is 0.885. The van der Waals surface area contributed by atoms with Gasteiger partial charge >= 0.3 is 0 Å². The van der Waals surface area contributed by atoms with Crippen LogP contribution in [0.25, 0.3) is 0 Å². The Morgan fingerprint density at radius 1 is 1.55 bits per heavy atom. The Morgan fingerprint density at radius 3 is 2.85 bits per heavy atom. The Bertz CT molecular complexity index is 581. The van der Waals surface area contributed by atoms with Crippen molar-refractivity contribution < 1.29 is 9.90 Å². The first-order chi connectivity index (χ1) is 9.45. The minimum Gasteiger partial charge on any atom is -0.378 e. The zero-order chi connectivity index (χ0) is 14.9. The molecule has 0 aromatic heterocycles. The van der Waals surface area contributed by atoms with E-state index in [0.29, 0.717) is 24.2 Å². The van der Waals surface area contributed by atoms with Crippen LogP contribution in [0.15, 0.2) is 16.6 Å². The smallest absolute Gasteiger partial charge is 0.257 e. The number of carbonyl (C=O) groups excluding carboxylic acids is 1. The molecule has 0 aliphatic carbocycles. The summed E-state index contributed by atoms with van der Waals surface area (Å²) in [5.41, 5.74) is 2.11. The molecule has 1 aromatic carbocycles. The predicted octanol–water partition coefficient (Wildman–Crippen LogP) is 2.56. The van der Waals surface area contributed by atoms with Crippen molar-refractivity contribution in [1.82, 2.24) is 0 Å². The van der Waals surface area contributed by atoms with E-state index in [1.165, 1.54) is 0 Å². The zero-order valence-electron chi connectivity index (χ0n) is 11.4. The maximum atomic E-state index is 11.5. The normalized spacial score (nSPS) is 16.8. The van der Waals surface area contributed by atoms with Crippen molar-refractivity contribution in [3.8, 4) is 6.07 Å². The van der Waals surface area contributed by atoms with Gasteiger partial charge in [0.15, 0.2) is 6.10 Å². The molecule has 0 saturated carbocycles. The van der Waals surface area contributed by atoms with Gasteiger partial charge in [-0.25, -0.2) is 0 Å². The number of hydrogen-bond acceptors (Lipinski definition) is 4. The van der Waals surface area contributed by atoms with Gasteiger partial charge in [0.25, 0.3) is 5.91 Å². The van der Waals surface area contributed by atoms with Crippen LogP contribution in [-0.2, 0) is 4.79 Å². The highest BCUT2D eigenvalue weighted by atomic mass is 79.9. The van der Waals surface area contributed by atoms with Gasteiger partial charge in [0, 0.05) is 28.3 Å². The van der Waals surface area contributed by atoms with Gasteiger partial charge in [-0.3, -0.25) is 4.79 Å². The number of benzene rings is 1. The molecule has 0 radical (unpaired) electrons. The van der Waals surface area contributed by atoms with Crippen molar-refractivity contribution in [3.05, 3.63) is 22.2 Å². The molecule has 1 aliphatic heterocycles. The minimum atomic E-state index is -1.11. The minimum absolute atomic E-state index is 0.222. The van der Waals surface area contributed by atoms with Gasteiger partial charge in [-0.2, -0.15) is 5.26 Å². The largest absolute Gasteiger partial charge is 0.378 e. The van der Waals surface area contributed by atoms with Crippen molar-refractivity contribution >= 4 is 33.2 Å². The number of anilines is 2. The maximum Gasteiger partial charge on any atom is 0.257 e. The Hall–Kier alpha value is -1.58. The molecule has 1 aliphatic rings. The van der Waals surface area contributed by atoms with Gasteiger partial charge in [0.1, 0.15) is 0 Å². The molecule has 2 rings (SSSR count). The van der Waals surface area contributed by atoms with Crippen molar-refractivity contribution in [2.24, 2.45) is 0 Å². The molecule has 0 fully saturated rings. The van der Waals surface area contributed by atoms with Gasteiger partial charge in [0.05, 0.1) is 18.2 Å². The van der Waals surface area contributed by atoms with Crippen LogP contribution >= 0.6 is 15.9 Å². The fourth-order valence-electron chi connectivity index (χ4n) is 2.30. The number of rotatable bonds is 4. The standard InChI is InChI=1S/C14H16BrN3O2/c1-8(2)18(5-3-4-16)12-7-11-9(6-10(12)15)13(19)14(20)17-11/h6-8,13,19H,3,5H2,1-2H3,(H,17,20). The number of nitrogens with zero attached hydrogens (tertiary/aromatic N) is 2. The molecule has 2 N–H and O–H groups in total. The Kier molecular flexibility index (Phi) is 4.31. The molecule has 5 nitrogen and oxygen atoms in total. The van der Waals surface area contributed by atoms with Crippen LogP contribution in [0.4, 0.5) is 11.4 Å². The molecule has 106 valence electrons. The van der Waals surface area contributed by atoms with Gasteiger partial charge < -0.3 is 15.3 Å². The number of halogens is 1. The zero-order valence-corrected chi connectivity index (χ0v) is 12.9. The van der Waals surface area contributed by atoms with Crippen LogP contribution in [-0.4, -0.2) is 23.6 Å². The lowest BCUT2D eigenvalue weighted by molar-refractivity contribution is -0.123. The second-order valence-electron chi connectivity index (χ2n) is 4.98. The lowest BCUT2D eigenvalue weighted by atomic mass is 10.1. The van der Waals surface area contributed by atoms with E-state index >= 15 is 0 Å². The van der Waals surface area contributed by atoms with E-state index in [1.807, 2.05) is 19.9 Å². The van der Waals surface area contributed by atoms with Gasteiger partial charge in [-0.05, 0) is 41.9 Å². The third-order valence-electron chi connectivity index (χ3n) is 3.32. The monoisotopic (exact) mass is 337 g/mol. The highest BCUT2D eigenvalue weighted by molar-refractivity contribution is 9.10. The lowest BCUT2D eigenvalue weighted by Crippen LogP contribution is -2.31. The molecular formula is C14H16BrN3O2. The van der Waals surface area contributed by atoms with E-state index in [2.05, 4.69) is 32.2 Å². The molecule has 1 aromatic rings. The van der Waals surface area contributed by atoms with Gasteiger partial charge in [-0.15, -0.1) is 0 Å². The van der Waals surface area contributed by atoms with E-state index in [4.69, 9.17) is 5.26 Å². The Morgan fingerprint density at radius 2 is 2.25 bits per heavy atom. The highest BCUT2D eigenvalue weighted by Gasteiger charge is 2.30. The number of fused-ring (bicyclic) bond motifs is 1. The number of nitrogens with one attached hydrogen (secondary N) is 1. The summed E-state index contributed by atoms with van der Waals surface area (Å²) in [5.74, 6) is -0.405. The molecule has 1 atom stereocenters. The van der Waals surface area contributed by atoms with E-state index in [9.17, 15) is 9.90 Å². The summed E-state index contributed by atoms with van der Waals surface area (Å²) in [7, 11) is 0. The molecule has 1 heterocycles. The molecule has 1 amide bonds. The van der Waals surface area contributed by atoms with Crippen LogP contribution in [0.5, 0.6) is 0 Å². The number of carbonyl (C=O) groups is 1. The third kappa shape index (κ3) is 2.65. The van der Waals surface area contributed by atoms with Crippen molar-refractivity contribution in [2.75, 3.05) is 16.8 Å². The van der Waals surface area contributed by atoms with Gasteiger partial charge in [0.2, 0.25) is 0 Å². The number of amides is 1. The first-order valence-electron chi connectivity index (χ1n) is 6.41.